The zero-order valence-electron chi connectivity index (χ0n) is 8.67. The maximum Gasteiger partial charge on any atom is 0.162 e. The molecule has 2 unspecified atom stereocenters. The van der Waals surface area contributed by atoms with Gasteiger partial charge in [-0.15, -0.1) is 0 Å². The van der Waals surface area contributed by atoms with Crippen LogP contribution in [-0.2, 0) is 0 Å². The van der Waals surface area contributed by atoms with Crippen molar-refractivity contribution in [2.45, 2.75) is 11.8 Å². The molecule has 0 saturated heterocycles. The highest BCUT2D eigenvalue weighted by molar-refractivity contribution is 5.76. The van der Waals surface area contributed by atoms with Crippen LogP contribution < -0.4 is 11.5 Å². The Bertz CT molecular complexity index is 447. The van der Waals surface area contributed by atoms with Gasteiger partial charge in [0.25, 0.3) is 0 Å². The third-order valence-electron chi connectivity index (χ3n) is 2.59. The summed E-state index contributed by atoms with van der Waals surface area (Å²) < 4.78 is 0. The number of nitrogens with two attached hydrogens (primary N) is 2. The normalized spacial score (nSPS) is 28.9. The quantitative estimate of drug-likeness (QED) is 0.401. The minimum Gasteiger partial charge on any atom is -0.399 e. The summed E-state index contributed by atoms with van der Waals surface area (Å²) in [5.74, 6) is 0. The molecule has 0 spiro atoms. The number of allylic oxidation sites excluding steroid dienone is 2. The van der Waals surface area contributed by atoms with Gasteiger partial charge in [0.2, 0.25) is 0 Å². The summed E-state index contributed by atoms with van der Waals surface area (Å²) in [4.78, 5) is 0. The fourth-order valence-corrected chi connectivity index (χ4v) is 1.55. The zero-order chi connectivity index (χ0) is 11.8. The van der Waals surface area contributed by atoms with E-state index in [1.165, 1.54) is 12.2 Å². The molecule has 0 saturated carbocycles. The molecule has 1 aliphatic carbocycles. The van der Waals surface area contributed by atoms with Crippen molar-refractivity contribution in [3.8, 4) is 0 Å². The number of hydrogen-bond donors (Lipinski definition) is 4. The molecular weight excluding hydrogens is 204 g/mol. The van der Waals surface area contributed by atoms with Crippen molar-refractivity contribution < 1.29 is 10.2 Å². The van der Waals surface area contributed by atoms with Gasteiger partial charge < -0.3 is 15.9 Å². The molecule has 2 atom stereocenters. The first-order chi connectivity index (χ1) is 7.49. The molecule has 0 radical (unpaired) electrons. The highest BCUT2D eigenvalue weighted by Gasteiger charge is 2.29. The number of benzene rings is 1. The fraction of sp³-hybridized carbons (Fsp3) is 0.167. The summed E-state index contributed by atoms with van der Waals surface area (Å²) in [6, 6.07) is 7.25. The van der Waals surface area contributed by atoms with Gasteiger partial charge in [-0.2, -0.15) is 0 Å². The van der Waals surface area contributed by atoms with Gasteiger partial charge >= 0.3 is 0 Å². The molecular formula is C12H14N2O2. The monoisotopic (exact) mass is 218 g/mol. The molecule has 4 heteroatoms. The van der Waals surface area contributed by atoms with E-state index in [0.717, 1.165) is 11.1 Å². The molecule has 0 aromatic heterocycles. The highest BCUT2D eigenvalue weighted by atomic mass is 16.4. The van der Waals surface area contributed by atoms with Crippen LogP contribution in [0.1, 0.15) is 5.56 Å². The van der Waals surface area contributed by atoms with E-state index in [9.17, 15) is 10.2 Å². The first-order valence-corrected chi connectivity index (χ1v) is 4.95. The maximum absolute atomic E-state index is 9.60. The SMILES string of the molecule is Nc1ccc(C2=CC(O)C(N)(O)C=C2)cc1. The van der Waals surface area contributed by atoms with Crippen molar-refractivity contribution in [3.63, 3.8) is 0 Å². The van der Waals surface area contributed by atoms with E-state index in [4.69, 9.17) is 11.5 Å². The van der Waals surface area contributed by atoms with Crippen molar-refractivity contribution in [1.29, 1.82) is 0 Å². The first kappa shape index (κ1) is 10.9. The van der Waals surface area contributed by atoms with Gasteiger partial charge in [0.15, 0.2) is 5.72 Å². The van der Waals surface area contributed by atoms with E-state index in [1.54, 1.807) is 18.2 Å². The highest BCUT2D eigenvalue weighted by Crippen LogP contribution is 2.25. The zero-order valence-corrected chi connectivity index (χ0v) is 8.67. The Balaban J connectivity index is 2.31. The molecule has 2 rings (SSSR count). The van der Waals surface area contributed by atoms with Crippen LogP contribution in [0.25, 0.3) is 5.57 Å². The van der Waals surface area contributed by atoms with Crippen LogP contribution in [0.5, 0.6) is 0 Å². The van der Waals surface area contributed by atoms with Crippen molar-refractivity contribution >= 4 is 11.3 Å². The molecule has 1 aliphatic rings. The summed E-state index contributed by atoms with van der Waals surface area (Å²) in [6.45, 7) is 0. The summed E-state index contributed by atoms with van der Waals surface area (Å²) in [5.41, 5.74) is 11.7. The molecule has 1 aromatic carbocycles. The van der Waals surface area contributed by atoms with Crippen LogP contribution in [-0.4, -0.2) is 22.0 Å². The Morgan fingerprint density at radius 2 is 1.81 bits per heavy atom. The van der Waals surface area contributed by atoms with Crippen LogP contribution in [0.4, 0.5) is 5.69 Å². The summed E-state index contributed by atoms with van der Waals surface area (Å²) in [6.07, 6.45) is 3.47. The Morgan fingerprint density at radius 3 is 2.38 bits per heavy atom. The summed E-state index contributed by atoms with van der Waals surface area (Å²) in [5, 5.41) is 19.1. The lowest BCUT2D eigenvalue weighted by Crippen LogP contribution is -2.49. The van der Waals surface area contributed by atoms with E-state index >= 15 is 0 Å². The number of aliphatic hydroxyl groups excluding tert-OH is 1. The standard InChI is InChI=1S/C12H14N2O2/c13-10-3-1-8(2-4-10)9-5-6-12(14,16)11(15)7-9/h1-7,11,15-16H,13-14H2. The smallest absolute Gasteiger partial charge is 0.162 e. The molecule has 1 aromatic rings. The number of nitrogen functional groups attached to an aromatic ring is 1. The van der Waals surface area contributed by atoms with Crippen molar-refractivity contribution in [1.82, 2.24) is 0 Å². The van der Waals surface area contributed by atoms with Gasteiger partial charge in [0.05, 0.1) is 0 Å². The van der Waals surface area contributed by atoms with E-state index in [-0.39, 0.29) is 0 Å². The number of anilines is 1. The molecule has 0 amide bonds. The van der Waals surface area contributed by atoms with Crippen LogP contribution in [0.2, 0.25) is 0 Å². The Labute approximate surface area is 93.5 Å². The number of hydrogen-bond acceptors (Lipinski definition) is 4. The molecule has 16 heavy (non-hydrogen) atoms. The predicted octanol–water partition coefficient (Wildman–Crippen LogP) is 0.230. The summed E-state index contributed by atoms with van der Waals surface area (Å²) >= 11 is 0. The third-order valence-corrected chi connectivity index (χ3v) is 2.59. The average molecular weight is 218 g/mol. The fourth-order valence-electron chi connectivity index (χ4n) is 1.55. The number of rotatable bonds is 1. The van der Waals surface area contributed by atoms with E-state index in [2.05, 4.69) is 0 Å². The van der Waals surface area contributed by atoms with Gasteiger partial charge in [-0.05, 0) is 35.4 Å². The largest absolute Gasteiger partial charge is 0.399 e. The Kier molecular flexibility index (Phi) is 2.55. The lowest BCUT2D eigenvalue weighted by Gasteiger charge is -2.27. The number of aliphatic hydroxyl groups is 2. The van der Waals surface area contributed by atoms with Crippen molar-refractivity contribution in [3.05, 3.63) is 48.1 Å². The second kappa shape index (κ2) is 3.75. The van der Waals surface area contributed by atoms with Crippen LogP contribution in [0.3, 0.4) is 0 Å². The maximum atomic E-state index is 9.60. The molecule has 6 N–H and O–H groups in total. The van der Waals surface area contributed by atoms with Crippen molar-refractivity contribution in [2.24, 2.45) is 5.73 Å². The first-order valence-electron chi connectivity index (χ1n) is 4.95. The van der Waals surface area contributed by atoms with Crippen LogP contribution in [0, 0.1) is 0 Å². The van der Waals surface area contributed by atoms with E-state index < -0.39 is 11.8 Å². The van der Waals surface area contributed by atoms with Crippen LogP contribution in [0.15, 0.2) is 42.5 Å². The molecule has 0 fully saturated rings. The van der Waals surface area contributed by atoms with Gasteiger partial charge in [-0.3, -0.25) is 5.73 Å². The second-order valence-electron chi connectivity index (χ2n) is 3.91. The average Bonchev–Trinajstić information content (AvgIpc) is 2.24. The molecule has 0 aliphatic heterocycles. The van der Waals surface area contributed by atoms with Gasteiger partial charge in [0, 0.05) is 5.69 Å². The lowest BCUT2D eigenvalue weighted by molar-refractivity contribution is -0.00988. The molecule has 0 heterocycles. The van der Waals surface area contributed by atoms with E-state index in [1.807, 2.05) is 12.1 Å². The predicted molar refractivity (Wildman–Crippen MR) is 63.1 cm³/mol. The van der Waals surface area contributed by atoms with Crippen LogP contribution >= 0.6 is 0 Å². The minimum atomic E-state index is -1.68. The topological polar surface area (TPSA) is 92.5 Å². The van der Waals surface area contributed by atoms with Gasteiger partial charge in [-0.25, -0.2) is 0 Å². The second-order valence-corrected chi connectivity index (χ2v) is 3.91. The molecule has 0 bridgehead atoms. The molecule has 4 nitrogen and oxygen atoms in total. The van der Waals surface area contributed by atoms with Gasteiger partial charge in [0.1, 0.15) is 6.10 Å². The van der Waals surface area contributed by atoms with Crippen molar-refractivity contribution in [2.75, 3.05) is 5.73 Å². The lowest BCUT2D eigenvalue weighted by atomic mass is 9.93. The minimum absolute atomic E-state index is 0.681. The van der Waals surface area contributed by atoms with E-state index in [0.29, 0.717) is 5.69 Å². The molecule has 84 valence electrons. The van der Waals surface area contributed by atoms with Gasteiger partial charge in [-0.1, -0.05) is 18.2 Å². The Hall–Kier alpha value is -1.62. The third kappa shape index (κ3) is 1.99. The summed E-state index contributed by atoms with van der Waals surface area (Å²) in [7, 11) is 0. The Morgan fingerprint density at radius 1 is 1.19 bits per heavy atom.